The van der Waals surface area contributed by atoms with Crippen molar-refractivity contribution in [3.63, 3.8) is 0 Å². The van der Waals surface area contributed by atoms with E-state index in [-0.39, 0.29) is 11.5 Å². The summed E-state index contributed by atoms with van der Waals surface area (Å²) in [5.74, 6) is -0.254. The number of likely N-dealkylation sites (tertiary alicyclic amines) is 1. The number of piperidine rings is 1. The molecule has 1 atom stereocenters. The average molecular weight is 349 g/mol. The predicted molar refractivity (Wildman–Crippen MR) is 78.4 cm³/mol. The van der Waals surface area contributed by atoms with E-state index in [0.717, 1.165) is 24.6 Å². The van der Waals surface area contributed by atoms with Crippen LogP contribution in [0, 0.1) is 11.7 Å². The van der Waals surface area contributed by atoms with Crippen LogP contribution in [-0.4, -0.2) is 29.2 Å². The second kappa shape index (κ2) is 6.71. The summed E-state index contributed by atoms with van der Waals surface area (Å²) in [6.45, 7) is 1.40. The highest BCUT2D eigenvalue weighted by molar-refractivity contribution is 9.09. The fourth-order valence-corrected chi connectivity index (χ4v) is 3.29. The smallest absolute Gasteiger partial charge is 0.256 e. The molecule has 1 heterocycles. The molecule has 0 bridgehead atoms. The summed E-state index contributed by atoms with van der Waals surface area (Å²) in [6, 6.07) is 4.11. The van der Waals surface area contributed by atoms with Gasteiger partial charge in [-0.2, -0.15) is 0 Å². The fourth-order valence-electron chi connectivity index (χ4n) is 2.47. The van der Waals surface area contributed by atoms with Gasteiger partial charge in [0, 0.05) is 23.4 Å². The fraction of sp³-hybridized carbons (Fsp3) is 0.500. The molecule has 1 saturated heterocycles. The van der Waals surface area contributed by atoms with Gasteiger partial charge in [-0.1, -0.05) is 27.5 Å². The molecule has 1 aromatic carbocycles. The second-order valence-corrected chi connectivity index (χ2v) is 6.09. The molecule has 1 unspecified atom stereocenters. The van der Waals surface area contributed by atoms with Crippen molar-refractivity contribution in [2.75, 3.05) is 18.4 Å². The van der Waals surface area contributed by atoms with Gasteiger partial charge >= 0.3 is 0 Å². The number of carbonyl (C=O) groups is 1. The van der Waals surface area contributed by atoms with E-state index in [4.69, 9.17) is 11.6 Å². The first-order valence-corrected chi connectivity index (χ1v) is 7.92. The first-order valence-electron chi connectivity index (χ1n) is 6.42. The van der Waals surface area contributed by atoms with Crippen LogP contribution in [0.2, 0.25) is 5.02 Å². The van der Waals surface area contributed by atoms with Gasteiger partial charge in [0.25, 0.3) is 5.91 Å². The Morgan fingerprint density at radius 1 is 1.53 bits per heavy atom. The molecule has 1 amide bonds. The molecule has 1 aromatic rings. The van der Waals surface area contributed by atoms with Gasteiger partial charge in [-0.3, -0.25) is 4.79 Å². The summed E-state index contributed by atoms with van der Waals surface area (Å²) in [5, 5.41) is 1.32. The molecular weight excluding hydrogens is 333 g/mol. The highest BCUT2D eigenvalue weighted by Gasteiger charge is 2.25. The Morgan fingerprint density at radius 2 is 2.32 bits per heavy atom. The summed E-state index contributed by atoms with van der Waals surface area (Å²) in [5.41, 5.74) is 0.0759. The van der Waals surface area contributed by atoms with Crippen molar-refractivity contribution in [1.29, 1.82) is 0 Å². The van der Waals surface area contributed by atoms with Crippen molar-refractivity contribution in [3.05, 3.63) is 34.6 Å². The van der Waals surface area contributed by atoms with Crippen molar-refractivity contribution in [2.45, 2.75) is 19.3 Å². The third kappa shape index (κ3) is 3.69. The van der Waals surface area contributed by atoms with E-state index < -0.39 is 5.82 Å². The number of benzene rings is 1. The van der Waals surface area contributed by atoms with Crippen LogP contribution in [0.5, 0.6) is 0 Å². The second-order valence-electron chi connectivity index (χ2n) is 4.86. The molecule has 0 saturated carbocycles. The number of nitrogens with zero attached hydrogens (tertiary/aromatic N) is 1. The average Bonchev–Trinajstić information content (AvgIpc) is 2.41. The molecule has 19 heavy (non-hydrogen) atoms. The molecule has 1 aliphatic heterocycles. The molecule has 0 radical (unpaired) electrons. The topological polar surface area (TPSA) is 20.3 Å². The highest BCUT2D eigenvalue weighted by Crippen LogP contribution is 2.23. The summed E-state index contributed by atoms with van der Waals surface area (Å²) >= 11 is 9.26. The van der Waals surface area contributed by atoms with Gasteiger partial charge in [0.1, 0.15) is 5.82 Å². The number of carbonyl (C=O) groups excluding carboxylic acids is 1. The molecule has 2 rings (SSSR count). The molecular formula is C14H16BrClFNO. The molecule has 104 valence electrons. The Kier molecular flexibility index (Phi) is 5.22. The van der Waals surface area contributed by atoms with Crippen LogP contribution in [0.25, 0.3) is 0 Å². The van der Waals surface area contributed by atoms with Gasteiger partial charge in [-0.15, -0.1) is 0 Å². The van der Waals surface area contributed by atoms with Crippen LogP contribution >= 0.6 is 27.5 Å². The highest BCUT2D eigenvalue weighted by atomic mass is 79.9. The molecule has 0 aliphatic carbocycles. The third-order valence-electron chi connectivity index (χ3n) is 3.48. The predicted octanol–water partition coefficient (Wildman–Crippen LogP) is 4.12. The lowest BCUT2D eigenvalue weighted by Crippen LogP contribution is -2.40. The van der Waals surface area contributed by atoms with Crippen LogP contribution in [0.3, 0.4) is 0 Å². The lowest BCUT2D eigenvalue weighted by atomic mass is 9.95. The molecule has 0 N–H and O–H groups in total. The monoisotopic (exact) mass is 347 g/mol. The van der Waals surface area contributed by atoms with E-state index >= 15 is 0 Å². The van der Waals surface area contributed by atoms with Gasteiger partial charge in [0.05, 0.1) is 5.56 Å². The Hall–Kier alpha value is -0.610. The van der Waals surface area contributed by atoms with Crippen molar-refractivity contribution in [2.24, 2.45) is 5.92 Å². The Labute approximate surface area is 126 Å². The Bertz CT molecular complexity index is 467. The lowest BCUT2D eigenvalue weighted by molar-refractivity contribution is 0.0667. The number of amides is 1. The maximum Gasteiger partial charge on any atom is 0.256 e. The van der Waals surface area contributed by atoms with Crippen molar-refractivity contribution in [1.82, 2.24) is 4.90 Å². The van der Waals surface area contributed by atoms with Crippen LogP contribution in [0.1, 0.15) is 29.6 Å². The summed E-state index contributed by atoms with van der Waals surface area (Å²) in [4.78, 5) is 14.1. The molecule has 1 fully saturated rings. The van der Waals surface area contributed by atoms with E-state index in [1.54, 1.807) is 4.90 Å². The number of hydrogen-bond donors (Lipinski definition) is 0. The minimum atomic E-state index is -0.503. The minimum Gasteiger partial charge on any atom is -0.338 e. The van der Waals surface area contributed by atoms with Crippen LogP contribution in [0.15, 0.2) is 18.2 Å². The van der Waals surface area contributed by atoms with E-state index in [1.807, 2.05) is 0 Å². The standard InChI is InChI=1S/C14H16BrClFNO/c15-6-5-10-2-1-7-18(9-10)14(19)12-8-11(16)3-4-13(12)17/h3-4,8,10H,1-2,5-7,9H2. The van der Waals surface area contributed by atoms with Crippen LogP contribution < -0.4 is 0 Å². The van der Waals surface area contributed by atoms with Gasteiger partial charge in [-0.05, 0) is 43.4 Å². The maximum atomic E-state index is 13.7. The van der Waals surface area contributed by atoms with Crippen molar-refractivity contribution in [3.8, 4) is 0 Å². The van der Waals surface area contributed by atoms with E-state index in [0.29, 0.717) is 24.0 Å². The van der Waals surface area contributed by atoms with Gasteiger partial charge in [-0.25, -0.2) is 4.39 Å². The summed E-state index contributed by atoms with van der Waals surface area (Å²) in [7, 11) is 0. The van der Waals surface area contributed by atoms with E-state index in [1.165, 1.54) is 18.2 Å². The minimum absolute atomic E-state index is 0.0759. The Morgan fingerprint density at radius 3 is 3.05 bits per heavy atom. The normalized spacial score (nSPS) is 19.5. The number of rotatable bonds is 3. The van der Waals surface area contributed by atoms with Crippen molar-refractivity contribution < 1.29 is 9.18 Å². The zero-order chi connectivity index (χ0) is 13.8. The maximum absolute atomic E-state index is 13.7. The first-order chi connectivity index (χ1) is 9.11. The third-order valence-corrected chi connectivity index (χ3v) is 4.18. The summed E-state index contributed by atoms with van der Waals surface area (Å²) < 4.78 is 13.7. The SMILES string of the molecule is O=C(c1cc(Cl)ccc1F)N1CCCC(CCBr)C1. The zero-order valence-electron chi connectivity index (χ0n) is 10.5. The van der Waals surface area contributed by atoms with Gasteiger partial charge in [0.2, 0.25) is 0 Å². The Balaban J connectivity index is 2.12. The molecule has 0 spiro atoms. The van der Waals surface area contributed by atoms with Crippen LogP contribution in [-0.2, 0) is 0 Å². The number of halogens is 3. The van der Waals surface area contributed by atoms with Crippen molar-refractivity contribution >= 4 is 33.4 Å². The number of hydrogen-bond acceptors (Lipinski definition) is 1. The first kappa shape index (κ1) is 14.8. The van der Waals surface area contributed by atoms with E-state index in [2.05, 4.69) is 15.9 Å². The van der Waals surface area contributed by atoms with Crippen LogP contribution in [0.4, 0.5) is 4.39 Å². The number of alkyl halides is 1. The molecule has 0 aromatic heterocycles. The lowest BCUT2D eigenvalue weighted by Gasteiger charge is -2.32. The quantitative estimate of drug-likeness (QED) is 0.753. The van der Waals surface area contributed by atoms with Gasteiger partial charge < -0.3 is 4.90 Å². The zero-order valence-corrected chi connectivity index (χ0v) is 12.9. The largest absolute Gasteiger partial charge is 0.338 e. The molecule has 1 aliphatic rings. The van der Waals surface area contributed by atoms with E-state index in [9.17, 15) is 9.18 Å². The van der Waals surface area contributed by atoms with Gasteiger partial charge in [0.15, 0.2) is 0 Å². The summed E-state index contributed by atoms with van der Waals surface area (Å²) in [6.07, 6.45) is 3.15. The molecule has 2 nitrogen and oxygen atoms in total. The molecule has 5 heteroatoms.